The number of Topliss-reactive ketones (excluding diaryl/α,β-unsaturated/α-hetero) is 1. The summed E-state index contributed by atoms with van der Waals surface area (Å²) in [5.41, 5.74) is 3.03. The Labute approximate surface area is 220 Å². The van der Waals surface area contributed by atoms with E-state index >= 15 is 0 Å². The van der Waals surface area contributed by atoms with Crippen LogP contribution in [0, 0.1) is 13.8 Å². The van der Waals surface area contributed by atoms with Crippen LogP contribution in [0.5, 0.6) is 17.2 Å². The Kier molecular flexibility index (Phi) is 7.45. The van der Waals surface area contributed by atoms with Gasteiger partial charge in [0.1, 0.15) is 11.5 Å². The van der Waals surface area contributed by atoms with Gasteiger partial charge < -0.3 is 19.3 Å². The Morgan fingerprint density at radius 2 is 1.73 bits per heavy atom. The molecule has 0 bridgehead atoms. The molecule has 0 radical (unpaired) electrons. The number of aliphatic hydroxyl groups is 1. The molecular formula is C29H28ClNO6. The van der Waals surface area contributed by atoms with E-state index < -0.39 is 23.5 Å². The summed E-state index contributed by atoms with van der Waals surface area (Å²) in [5, 5.41) is 11.7. The van der Waals surface area contributed by atoms with Crippen molar-refractivity contribution in [3.8, 4) is 17.2 Å². The van der Waals surface area contributed by atoms with Gasteiger partial charge in [-0.15, -0.1) is 0 Å². The number of carbonyl (C=O) groups is 2. The summed E-state index contributed by atoms with van der Waals surface area (Å²) >= 11 is 6.41. The molecule has 3 aromatic carbocycles. The van der Waals surface area contributed by atoms with Crippen LogP contribution in [0.3, 0.4) is 0 Å². The lowest BCUT2D eigenvalue weighted by Crippen LogP contribution is -2.30. The van der Waals surface area contributed by atoms with Gasteiger partial charge in [-0.3, -0.25) is 14.5 Å². The van der Waals surface area contributed by atoms with E-state index in [4.69, 9.17) is 25.8 Å². The third-order valence-corrected chi connectivity index (χ3v) is 6.62. The summed E-state index contributed by atoms with van der Waals surface area (Å²) < 4.78 is 16.5. The van der Waals surface area contributed by atoms with E-state index in [1.165, 1.54) is 25.2 Å². The SMILES string of the molecule is CCOc1cc(C2/C(=C(\O)c3cc(OC)ccc3Cl)C(=O)C(=O)N2c2ccc(C)cc2C)ccc1OC. The van der Waals surface area contributed by atoms with E-state index in [0.717, 1.165) is 11.1 Å². The van der Waals surface area contributed by atoms with Crippen LogP contribution >= 0.6 is 11.6 Å². The maximum atomic E-state index is 13.5. The number of rotatable bonds is 7. The number of carbonyl (C=O) groups excluding carboxylic acids is 2. The second-order valence-electron chi connectivity index (χ2n) is 8.65. The van der Waals surface area contributed by atoms with Crippen molar-refractivity contribution in [3.05, 3.63) is 87.4 Å². The highest BCUT2D eigenvalue weighted by Crippen LogP contribution is 2.45. The molecule has 0 spiro atoms. The fraction of sp³-hybridized carbons (Fsp3) is 0.241. The maximum Gasteiger partial charge on any atom is 0.300 e. The number of halogens is 1. The highest BCUT2D eigenvalue weighted by atomic mass is 35.5. The smallest absolute Gasteiger partial charge is 0.300 e. The van der Waals surface area contributed by atoms with Gasteiger partial charge in [-0.25, -0.2) is 0 Å². The number of ketones is 1. The van der Waals surface area contributed by atoms with Crippen LogP contribution < -0.4 is 19.1 Å². The number of amides is 1. The lowest BCUT2D eigenvalue weighted by molar-refractivity contribution is -0.132. The Morgan fingerprint density at radius 3 is 2.38 bits per heavy atom. The van der Waals surface area contributed by atoms with Gasteiger partial charge in [-0.1, -0.05) is 35.4 Å². The fourth-order valence-electron chi connectivity index (χ4n) is 4.56. The largest absolute Gasteiger partial charge is 0.507 e. The average Bonchev–Trinajstić information content (AvgIpc) is 3.14. The molecule has 0 aliphatic carbocycles. The molecule has 1 saturated heterocycles. The van der Waals surface area contributed by atoms with Crippen molar-refractivity contribution >= 4 is 34.7 Å². The predicted molar refractivity (Wildman–Crippen MR) is 143 cm³/mol. The zero-order chi connectivity index (χ0) is 26.9. The number of aliphatic hydroxyl groups excluding tert-OH is 1. The van der Waals surface area contributed by atoms with E-state index in [1.807, 2.05) is 32.9 Å². The van der Waals surface area contributed by atoms with E-state index in [2.05, 4.69) is 0 Å². The summed E-state index contributed by atoms with van der Waals surface area (Å²) in [5.74, 6) is -0.582. The van der Waals surface area contributed by atoms with Crippen molar-refractivity contribution in [2.75, 3.05) is 25.7 Å². The van der Waals surface area contributed by atoms with Gasteiger partial charge in [0.05, 0.1) is 37.5 Å². The number of nitrogens with zero attached hydrogens (tertiary/aromatic N) is 1. The Hall–Kier alpha value is -3.97. The van der Waals surface area contributed by atoms with Gasteiger partial charge in [-0.2, -0.15) is 0 Å². The van der Waals surface area contributed by atoms with Crippen LogP contribution in [0.15, 0.2) is 60.2 Å². The molecule has 37 heavy (non-hydrogen) atoms. The zero-order valence-corrected chi connectivity index (χ0v) is 22.1. The minimum Gasteiger partial charge on any atom is -0.507 e. The first-order valence-electron chi connectivity index (χ1n) is 11.7. The van der Waals surface area contributed by atoms with Crippen molar-refractivity contribution in [2.45, 2.75) is 26.8 Å². The van der Waals surface area contributed by atoms with E-state index in [1.54, 1.807) is 36.4 Å². The second kappa shape index (κ2) is 10.6. The van der Waals surface area contributed by atoms with Crippen LogP contribution in [-0.4, -0.2) is 37.6 Å². The molecule has 192 valence electrons. The molecule has 7 nitrogen and oxygen atoms in total. The predicted octanol–water partition coefficient (Wildman–Crippen LogP) is 6.00. The average molecular weight is 522 g/mol. The molecule has 1 unspecified atom stereocenters. The molecule has 3 aromatic rings. The first kappa shape index (κ1) is 26.1. The first-order valence-corrected chi connectivity index (χ1v) is 12.1. The number of hydrogen-bond acceptors (Lipinski definition) is 6. The molecule has 1 atom stereocenters. The van der Waals surface area contributed by atoms with Gasteiger partial charge in [-0.05, 0) is 68.3 Å². The van der Waals surface area contributed by atoms with Crippen molar-refractivity contribution in [2.24, 2.45) is 0 Å². The Morgan fingerprint density at radius 1 is 0.973 bits per heavy atom. The summed E-state index contributed by atoms with van der Waals surface area (Å²) in [6, 6.07) is 14.6. The highest BCUT2D eigenvalue weighted by Gasteiger charge is 2.47. The molecule has 1 N–H and O–H groups in total. The lowest BCUT2D eigenvalue weighted by Gasteiger charge is -2.27. The number of anilines is 1. The lowest BCUT2D eigenvalue weighted by atomic mass is 9.94. The molecule has 1 heterocycles. The van der Waals surface area contributed by atoms with Crippen molar-refractivity contribution in [1.82, 2.24) is 0 Å². The first-order chi connectivity index (χ1) is 17.7. The summed E-state index contributed by atoms with van der Waals surface area (Å²) in [7, 11) is 3.02. The van der Waals surface area contributed by atoms with E-state index in [-0.39, 0.29) is 16.2 Å². The van der Waals surface area contributed by atoms with Crippen LogP contribution in [0.25, 0.3) is 5.76 Å². The number of hydrogen-bond donors (Lipinski definition) is 1. The number of benzene rings is 3. The van der Waals surface area contributed by atoms with Gasteiger partial charge in [0.15, 0.2) is 11.5 Å². The quantitative estimate of drug-likeness (QED) is 0.233. The molecule has 1 aliphatic rings. The zero-order valence-electron chi connectivity index (χ0n) is 21.3. The van der Waals surface area contributed by atoms with Crippen molar-refractivity contribution in [1.29, 1.82) is 0 Å². The van der Waals surface area contributed by atoms with E-state index in [9.17, 15) is 14.7 Å². The van der Waals surface area contributed by atoms with Gasteiger partial charge >= 0.3 is 0 Å². The molecular weight excluding hydrogens is 494 g/mol. The van der Waals surface area contributed by atoms with Gasteiger partial charge in [0, 0.05) is 11.3 Å². The van der Waals surface area contributed by atoms with Crippen LogP contribution in [0.2, 0.25) is 5.02 Å². The molecule has 1 fully saturated rings. The van der Waals surface area contributed by atoms with Crippen LogP contribution in [-0.2, 0) is 9.59 Å². The second-order valence-corrected chi connectivity index (χ2v) is 9.06. The monoisotopic (exact) mass is 521 g/mol. The Balaban J connectivity index is 2.02. The number of aryl methyl sites for hydroxylation is 2. The summed E-state index contributed by atoms with van der Waals surface area (Å²) in [6.45, 7) is 6.05. The standard InChI is InChI=1S/C29H28ClNO6/c1-6-37-24-14-18(8-12-23(24)36-5)26-25(27(32)20-15-19(35-4)9-10-21(20)30)28(33)29(34)31(26)22-11-7-16(2)13-17(22)3/h7-15,26,32H,6H2,1-5H3/b27-25+. The van der Waals surface area contributed by atoms with Crippen LogP contribution in [0.4, 0.5) is 5.69 Å². The van der Waals surface area contributed by atoms with Crippen LogP contribution in [0.1, 0.15) is 35.2 Å². The normalized spacial score (nSPS) is 16.7. The van der Waals surface area contributed by atoms with Gasteiger partial charge in [0.25, 0.3) is 11.7 Å². The molecule has 1 amide bonds. The van der Waals surface area contributed by atoms with Gasteiger partial charge in [0.2, 0.25) is 0 Å². The van der Waals surface area contributed by atoms with Crippen molar-refractivity contribution < 1.29 is 28.9 Å². The minimum atomic E-state index is -0.950. The maximum absolute atomic E-state index is 13.5. The highest BCUT2D eigenvalue weighted by molar-refractivity contribution is 6.52. The van der Waals surface area contributed by atoms with Crippen molar-refractivity contribution in [3.63, 3.8) is 0 Å². The Bertz CT molecular complexity index is 1410. The minimum absolute atomic E-state index is 0.0901. The van der Waals surface area contributed by atoms with E-state index in [0.29, 0.717) is 35.1 Å². The molecule has 4 rings (SSSR count). The third kappa shape index (κ3) is 4.74. The number of methoxy groups -OCH3 is 2. The molecule has 0 aromatic heterocycles. The molecule has 0 saturated carbocycles. The third-order valence-electron chi connectivity index (χ3n) is 6.29. The molecule has 1 aliphatic heterocycles. The summed E-state index contributed by atoms with van der Waals surface area (Å²) in [4.78, 5) is 28.5. The number of ether oxygens (including phenoxy) is 3. The topological polar surface area (TPSA) is 85.3 Å². The fourth-order valence-corrected chi connectivity index (χ4v) is 4.77. The molecule has 8 heteroatoms. The summed E-state index contributed by atoms with van der Waals surface area (Å²) in [6.07, 6.45) is 0.